The van der Waals surface area contributed by atoms with Gasteiger partial charge in [0.25, 0.3) is 5.91 Å². The van der Waals surface area contributed by atoms with Crippen LogP contribution in [0.2, 0.25) is 0 Å². The van der Waals surface area contributed by atoms with Crippen molar-refractivity contribution in [2.45, 2.75) is 39.8 Å². The third-order valence-corrected chi connectivity index (χ3v) is 4.05. The Kier molecular flexibility index (Phi) is 5.59. The lowest BCUT2D eigenvalue weighted by Crippen LogP contribution is -2.56. The lowest BCUT2D eigenvalue weighted by Gasteiger charge is -2.31. The van der Waals surface area contributed by atoms with Gasteiger partial charge in [-0.25, -0.2) is 0 Å². The van der Waals surface area contributed by atoms with Crippen LogP contribution >= 0.6 is 0 Å². The number of rotatable bonds is 5. The Morgan fingerprint density at radius 1 is 1.08 bits per heavy atom. The van der Waals surface area contributed by atoms with Crippen molar-refractivity contribution in [1.82, 2.24) is 15.6 Å². The molecule has 2 atom stereocenters. The molecule has 0 radical (unpaired) electrons. The van der Waals surface area contributed by atoms with Crippen LogP contribution in [-0.4, -0.2) is 40.0 Å². The number of aromatic nitrogens is 1. The summed E-state index contributed by atoms with van der Waals surface area (Å²) in [5, 5.41) is 15.7. The number of pyridine rings is 1. The van der Waals surface area contributed by atoms with Crippen LogP contribution in [0.15, 0.2) is 36.7 Å². The van der Waals surface area contributed by atoms with Gasteiger partial charge in [-0.2, -0.15) is 0 Å². The molecule has 0 aliphatic carbocycles. The van der Waals surface area contributed by atoms with Crippen molar-refractivity contribution in [3.63, 3.8) is 0 Å². The fourth-order valence-electron chi connectivity index (χ4n) is 2.54. The zero-order valence-corrected chi connectivity index (χ0v) is 15.2. The number of benzene rings is 1. The Labute approximate surface area is 151 Å². The molecular formula is C19H23N3O4. The van der Waals surface area contributed by atoms with Gasteiger partial charge in [0.1, 0.15) is 12.1 Å². The van der Waals surface area contributed by atoms with Gasteiger partial charge in [-0.3, -0.25) is 19.4 Å². The number of hydrogen-bond donors (Lipinski definition) is 3. The van der Waals surface area contributed by atoms with Crippen molar-refractivity contribution in [3.05, 3.63) is 42.2 Å². The smallest absolute Gasteiger partial charge is 0.325 e. The quantitative estimate of drug-likeness (QED) is 0.758. The minimum absolute atomic E-state index is 0.358. The molecule has 2 rings (SSSR count). The molecule has 3 N–H and O–H groups in total. The molecular weight excluding hydrogens is 334 g/mol. The van der Waals surface area contributed by atoms with Crippen LogP contribution in [0.5, 0.6) is 0 Å². The molecule has 0 aliphatic heterocycles. The maximum atomic E-state index is 12.8. The first-order valence-electron chi connectivity index (χ1n) is 8.28. The molecule has 1 heterocycles. The van der Waals surface area contributed by atoms with Gasteiger partial charge in [0.15, 0.2) is 0 Å². The van der Waals surface area contributed by atoms with Crippen molar-refractivity contribution in [3.8, 4) is 0 Å². The van der Waals surface area contributed by atoms with E-state index >= 15 is 0 Å². The molecule has 0 spiro atoms. The van der Waals surface area contributed by atoms with Gasteiger partial charge in [0, 0.05) is 17.8 Å². The SMILES string of the molecule is CC(NC(=O)C(NC(=O)c1cncc2ccccc12)C(C)(C)C)C(=O)O. The summed E-state index contributed by atoms with van der Waals surface area (Å²) in [6, 6.07) is 5.37. The Bertz CT molecular complexity index is 837. The van der Waals surface area contributed by atoms with Crippen molar-refractivity contribution in [1.29, 1.82) is 0 Å². The number of carboxylic acids is 1. The van der Waals surface area contributed by atoms with Gasteiger partial charge in [-0.15, -0.1) is 0 Å². The Balaban J connectivity index is 2.29. The Morgan fingerprint density at radius 2 is 1.73 bits per heavy atom. The Morgan fingerprint density at radius 3 is 2.35 bits per heavy atom. The van der Waals surface area contributed by atoms with Crippen LogP contribution in [-0.2, 0) is 9.59 Å². The van der Waals surface area contributed by atoms with Gasteiger partial charge < -0.3 is 15.7 Å². The van der Waals surface area contributed by atoms with E-state index in [-0.39, 0.29) is 0 Å². The molecule has 0 fully saturated rings. The first-order valence-corrected chi connectivity index (χ1v) is 8.28. The van der Waals surface area contributed by atoms with Gasteiger partial charge in [-0.1, -0.05) is 45.0 Å². The van der Waals surface area contributed by atoms with E-state index in [2.05, 4.69) is 15.6 Å². The van der Waals surface area contributed by atoms with Gasteiger partial charge in [0.05, 0.1) is 5.56 Å². The van der Waals surface area contributed by atoms with Crippen LogP contribution in [0.25, 0.3) is 10.8 Å². The van der Waals surface area contributed by atoms with Crippen LogP contribution in [0, 0.1) is 5.41 Å². The molecule has 138 valence electrons. The molecule has 2 unspecified atom stereocenters. The Hall–Kier alpha value is -2.96. The third-order valence-electron chi connectivity index (χ3n) is 4.05. The molecule has 0 saturated carbocycles. The van der Waals surface area contributed by atoms with E-state index in [1.54, 1.807) is 27.0 Å². The number of carbonyl (C=O) groups is 3. The van der Waals surface area contributed by atoms with E-state index in [1.807, 2.05) is 24.3 Å². The second-order valence-corrected chi connectivity index (χ2v) is 7.25. The van der Waals surface area contributed by atoms with Gasteiger partial charge in [-0.05, 0) is 17.7 Å². The highest BCUT2D eigenvalue weighted by molar-refractivity contribution is 6.07. The fourth-order valence-corrected chi connectivity index (χ4v) is 2.54. The van der Waals surface area contributed by atoms with Crippen LogP contribution in [0.1, 0.15) is 38.1 Å². The lowest BCUT2D eigenvalue weighted by atomic mass is 9.85. The minimum Gasteiger partial charge on any atom is -0.480 e. The number of amides is 2. The summed E-state index contributed by atoms with van der Waals surface area (Å²) in [6.07, 6.45) is 3.11. The molecule has 0 aliphatic rings. The topological polar surface area (TPSA) is 108 Å². The molecule has 2 amide bonds. The molecule has 0 saturated heterocycles. The summed E-state index contributed by atoms with van der Waals surface area (Å²) in [6.45, 7) is 6.76. The summed E-state index contributed by atoms with van der Waals surface area (Å²) in [4.78, 5) is 40.4. The number of nitrogens with one attached hydrogen (secondary N) is 2. The highest BCUT2D eigenvalue weighted by atomic mass is 16.4. The zero-order chi connectivity index (χ0) is 19.5. The summed E-state index contributed by atoms with van der Waals surface area (Å²) in [7, 11) is 0. The molecule has 7 heteroatoms. The van der Waals surface area contributed by atoms with Crippen LogP contribution < -0.4 is 10.6 Å². The molecule has 1 aromatic heterocycles. The van der Waals surface area contributed by atoms with Crippen molar-refractivity contribution < 1.29 is 19.5 Å². The second-order valence-electron chi connectivity index (χ2n) is 7.25. The summed E-state index contributed by atoms with van der Waals surface area (Å²) >= 11 is 0. The minimum atomic E-state index is -1.14. The largest absolute Gasteiger partial charge is 0.480 e. The van der Waals surface area contributed by atoms with Gasteiger partial charge >= 0.3 is 5.97 Å². The highest BCUT2D eigenvalue weighted by Crippen LogP contribution is 2.22. The number of aliphatic carboxylic acids is 1. The van der Waals surface area contributed by atoms with E-state index in [0.29, 0.717) is 5.56 Å². The average molecular weight is 357 g/mol. The zero-order valence-electron chi connectivity index (χ0n) is 15.2. The fraction of sp³-hybridized carbons (Fsp3) is 0.368. The van der Waals surface area contributed by atoms with Gasteiger partial charge in [0.2, 0.25) is 5.91 Å². The standard InChI is InChI=1S/C19H23N3O4/c1-11(18(25)26)21-17(24)15(19(2,3)4)22-16(23)14-10-20-9-12-7-5-6-8-13(12)14/h5-11,15H,1-4H3,(H,21,24)(H,22,23)(H,25,26). The normalized spacial score (nSPS) is 13.7. The van der Waals surface area contributed by atoms with E-state index in [0.717, 1.165) is 10.8 Å². The van der Waals surface area contributed by atoms with Crippen molar-refractivity contribution in [2.24, 2.45) is 5.41 Å². The van der Waals surface area contributed by atoms with E-state index in [4.69, 9.17) is 5.11 Å². The second kappa shape index (κ2) is 7.51. The first kappa shape index (κ1) is 19.4. The van der Waals surface area contributed by atoms with E-state index in [9.17, 15) is 14.4 Å². The highest BCUT2D eigenvalue weighted by Gasteiger charge is 2.34. The summed E-state index contributed by atoms with van der Waals surface area (Å²) in [5.74, 6) is -2.13. The number of carboxylic acid groups (broad SMARTS) is 1. The summed E-state index contributed by atoms with van der Waals surface area (Å²) < 4.78 is 0. The lowest BCUT2D eigenvalue weighted by molar-refractivity contribution is -0.142. The molecule has 2 aromatic rings. The van der Waals surface area contributed by atoms with Crippen LogP contribution in [0.3, 0.4) is 0 Å². The molecule has 0 bridgehead atoms. The van der Waals surface area contributed by atoms with E-state index < -0.39 is 35.3 Å². The van der Waals surface area contributed by atoms with Crippen molar-refractivity contribution >= 4 is 28.6 Å². The van der Waals surface area contributed by atoms with E-state index in [1.165, 1.54) is 13.1 Å². The molecule has 7 nitrogen and oxygen atoms in total. The third kappa shape index (κ3) is 4.36. The van der Waals surface area contributed by atoms with Crippen LogP contribution in [0.4, 0.5) is 0 Å². The average Bonchev–Trinajstić information content (AvgIpc) is 2.57. The number of nitrogens with zero attached hydrogens (tertiary/aromatic N) is 1. The number of carbonyl (C=O) groups excluding carboxylic acids is 2. The monoisotopic (exact) mass is 357 g/mol. The predicted octanol–water partition coefficient (Wildman–Crippen LogP) is 1.97. The predicted molar refractivity (Wildman–Crippen MR) is 97.7 cm³/mol. The molecule has 26 heavy (non-hydrogen) atoms. The molecule has 1 aromatic carbocycles. The summed E-state index contributed by atoms with van der Waals surface area (Å²) in [5.41, 5.74) is -0.257. The maximum Gasteiger partial charge on any atom is 0.325 e. The number of hydrogen-bond acceptors (Lipinski definition) is 4. The number of fused-ring (bicyclic) bond motifs is 1. The first-order chi connectivity index (χ1) is 12.1. The van der Waals surface area contributed by atoms with Crippen molar-refractivity contribution in [2.75, 3.05) is 0 Å². The maximum absolute atomic E-state index is 12.8.